The largest absolute Gasteiger partial charge is 0.481 e. The van der Waals surface area contributed by atoms with E-state index in [1.54, 1.807) is 0 Å². The third-order valence-corrected chi connectivity index (χ3v) is 5.20. The maximum atomic E-state index is 14.3. The molecule has 0 spiro atoms. The summed E-state index contributed by atoms with van der Waals surface area (Å²) in [6, 6.07) is 6.67. The van der Waals surface area contributed by atoms with Crippen LogP contribution in [0.4, 0.5) is 36.4 Å². The molecule has 12 heteroatoms. The van der Waals surface area contributed by atoms with E-state index >= 15 is 0 Å². The highest BCUT2D eigenvalue weighted by Gasteiger charge is 2.45. The Labute approximate surface area is 188 Å². The minimum atomic E-state index is -5.01. The number of carboxylic acid groups (broad SMARTS) is 1. The van der Waals surface area contributed by atoms with Gasteiger partial charge in [-0.3, -0.25) is 9.59 Å². The van der Waals surface area contributed by atoms with Crippen LogP contribution in [0.2, 0.25) is 5.02 Å². The van der Waals surface area contributed by atoms with Crippen LogP contribution in [-0.2, 0) is 9.59 Å². The number of halogens is 8. The molecule has 3 atom stereocenters. The van der Waals surface area contributed by atoms with Crippen molar-refractivity contribution < 1.29 is 45.4 Å². The summed E-state index contributed by atoms with van der Waals surface area (Å²) >= 11 is 5.73. The molecule has 0 aliphatic heterocycles. The van der Waals surface area contributed by atoms with Crippen LogP contribution in [-0.4, -0.2) is 29.3 Å². The van der Waals surface area contributed by atoms with Crippen molar-refractivity contribution in [1.29, 1.82) is 0 Å². The van der Waals surface area contributed by atoms with Gasteiger partial charge in [0.1, 0.15) is 5.82 Å². The van der Waals surface area contributed by atoms with Crippen molar-refractivity contribution in [2.45, 2.75) is 37.5 Å². The van der Waals surface area contributed by atoms with Gasteiger partial charge in [0.15, 0.2) is 0 Å². The predicted molar refractivity (Wildman–Crippen MR) is 105 cm³/mol. The molecule has 0 aliphatic carbocycles. The molecule has 2 aromatic rings. The van der Waals surface area contributed by atoms with Gasteiger partial charge in [0.05, 0.1) is 29.9 Å². The Bertz CT molecular complexity index is 1010. The fourth-order valence-electron chi connectivity index (χ4n) is 3.19. The van der Waals surface area contributed by atoms with Gasteiger partial charge in [-0.25, -0.2) is 4.39 Å². The summed E-state index contributed by atoms with van der Waals surface area (Å²) in [7, 11) is 0. The zero-order valence-corrected chi connectivity index (χ0v) is 17.5. The van der Waals surface area contributed by atoms with Crippen molar-refractivity contribution in [2.24, 2.45) is 5.92 Å². The van der Waals surface area contributed by atoms with Gasteiger partial charge in [0.2, 0.25) is 5.91 Å². The normalized spacial score (nSPS) is 14.9. The van der Waals surface area contributed by atoms with Gasteiger partial charge < -0.3 is 10.4 Å². The van der Waals surface area contributed by atoms with Crippen LogP contribution in [0.15, 0.2) is 42.5 Å². The minimum absolute atomic E-state index is 0.0997. The lowest BCUT2D eigenvalue weighted by molar-refractivity contribution is -0.178. The van der Waals surface area contributed by atoms with Crippen molar-refractivity contribution >= 4 is 29.2 Å². The van der Waals surface area contributed by atoms with Crippen molar-refractivity contribution in [3.8, 4) is 0 Å². The van der Waals surface area contributed by atoms with Gasteiger partial charge in [0, 0.05) is 5.02 Å². The number of nitrogens with one attached hydrogen (secondary N) is 1. The van der Waals surface area contributed by atoms with Crippen molar-refractivity contribution in [3.63, 3.8) is 0 Å². The molecular formula is C21H17ClF7NO3. The molecule has 0 bridgehead atoms. The summed E-state index contributed by atoms with van der Waals surface area (Å²) in [5.41, 5.74) is -1.59. The molecule has 4 nitrogen and oxygen atoms in total. The van der Waals surface area contributed by atoms with Crippen LogP contribution >= 0.6 is 11.6 Å². The molecule has 0 saturated carbocycles. The Kier molecular flexibility index (Phi) is 8.00. The number of rotatable bonds is 7. The second-order valence-corrected chi connectivity index (χ2v) is 7.72. The van der Waals surface area contributed by atoms with Crippen molar-refractivity contribution in [3.05, 3.63) is 64.4 Å². The Morgan fingerprint density at radius 1 is 0.970 bits per heavy atom. The molecule has 0 heterocycles. The Hall–Kier alpha value is -2.82. The van der Waals surface area contributed by atoms with Crippen LogP contribution in [0, 0.1) is 11.7 Å². The highest BCUT2D eigenvalue weighted by atomic mass is 35.5. The van der Waals surface area contributed by atoms with Gasteiger partial charge in [-0.1, -0.05) is 36.7 Å². The summed E-state index contributed by atoms with van der Waals surface area (Å²) < 4.78 is 94.4. The number of amides is 1. The summed E-state index contributed by atoms with van der Waals surface area (Å²) in [6.45, 7) is 0.734. The molecule has 2 N–H and O–H groups in total. The molecule has 0 aromatic heterocycles. The lowest BCUT2D eigenvalue weighted by Crippen LogP contribution is -2.34. The summed E-state index contributed by atoms with van der Waals surface area (Å²) in [6.07, 6.45) is -11.2. The van der Waals surface area contributed by atoms with E-state index in [9.17, 15) is 40.3 Å². The van der Waals surface area contributed by atoms with E-state index in [-0.39, 0.29) is 10.6 Å². The van der Waals surface area contributed by atoms with E-state index in [2.05, 4.69) is 0 Å². The van der Waals surface area contributed by atoms with E-state index in [0.717, 1.165) is 6.92 Å². The fraction of sp³-hybridized carbons (Fsp3) is 0.333. The third-order valence-electron chi connectivity index (χ3n) is 4.95. The zero-order valence-electron chi connectivity index (χ0n) is 16.8. The molecule has 2 rings (SSSR count). The van der Waals surface area contributed by atoms with Crippen LogP contribution in [0.5, 0.6) is 0 Å². The molecule has 1 amide bonds. The smallest absolute Gasteiger partial charge is 0.396 e. The SMILES string of the molecule is C[C@H]([C@H](C(=O)Nc1cc(C(CC(=O)O)C(F)(F)F)ccc1F)c1ccc(Cl)cc1)C(F)(F)F. The topological polar surface area (TPSA) is 66.4 Å². The molecular weight excluding hydrogens is 483 g/mol. The summed E-state index contributed by atoms with van der Waals surface area (Å²) in [5, 5.41) is 10.9. The van der Waals surface area contributed by atoms with Crippen LogP contribution in [0.25, 0.3) is 0 Å². The first-order valence-corrected chi connectivity index (χ1v) is 9.70. The van der Waals surface area contributed by atoms with Gasteiger partial charge in [0.25, 0.3) is 0 Å². The van der Waals surface area contributed by atoms with Gasteiger partial charge in [-0.15, -0.1) is 0 Å². The summed E-state index contributed by atoms with van der Waals surface area (Å²) in [4.78, 5) is 23.6. The van der Waals surface area contributed by atoms with E-state index in [1.165, 1.54) is 24.3 Å². The summed E-state index contributed by atoms with van der Waals surface area (Å²) in [5.74, 6) is -10.9. The number of alkyl halides is 6. The van der Waals surface area contributed by atoms with Gasteiger partial charge in [-0.2, -0.15) is 26.3 Å². The molecule has 0 saturated heterocycles. The number of carbonyl (C=O) groups is 2. The molecule has 0 fully saturated rings. The fourth-order valence-corrected chi connectivity index (χ4v) is 3.32. The number of carbonyl (C=O) groups excluding carboxylic acids is 1. The highest BCUT2D eigenvalue weighted by Crippen LogP contribution is 2.40. The Balaban J connectivity index is 2.46. The number of benzene rings is 2. The molecule has 0 radical (unpaired) electrons. The van der Waals surface area contributed by atoms with Crippen LogP contribution < -0.4 is 5.32 Å². The first-order valence-electron chi connectivity index (χ1n) is 9.32. The number of hydrogen-bond acceptors (Lipinski definition) is 2. The maximum Gasteiger partial charge on any atom is 0.396 e. The monoisotopic (exact) mass is 499 g/mol. The highest BCUT2D eigenvalue weighted by molar-refractivity contribution is 6.30. The predicted octanol–water partition coefficient (Wildman–Crippen LogP) is 6.52. The molecule has 1 unspecified atom stereocenters. The minimum Gasteiger partial charge on any atom is -0.481 e. The number of anilines is 1. The second-order valence-electron chi connectivity index (χ2n) is 7.28. The number of aliphatic carboxylic acids is 1. The third kappa shape index (κ3) is 6.83. The molecule has 2 aromatic carbocycles. The van der Waals surface area contributed by atoms with E-state index < -0.39 is 65.5 Å². The lowest BCUT2D eigenvalue weighted by Gasteiger charge is -2.26. The Morgan fingerprint density at radius 2 is 1.52 bits per heavy atom. The van der Waals surface area contributed by atoms with Gasteiger partial charge >= 0.3 is 18.3 Å². The average molecular weight is 500 g/mol. The van der Waals surface area contributed by atoms with E-state index in [4.69, 9.17) is 16.7 Å². The first-order chi connectivity index (χ1) is 15.1. The quantitative estimate of drug-likeness (QED) is 0.426. The lowest BCUT2D eigenvalue weighted by atomic mass is 9.85. The standard InChI is InChI=1S/C21H17ClF7NO3/c1-10(20(24,25)26)18(11-2-5-13(22)6-3-11)19(33)30-16-8-12(4-7-15(16)23)14(9-17(31)32)21(27,28)29/h2-8,10,14,18H,9H2,1H3,(H,30,33)(H,31,32)/t10-,14?,18+/m1/s1. The van der Waals surface area contributed by atoms with Crippen LogP contribution in [0.3, 0.4) is 0 Å². The average Bonchev–Trinajstić information content (AvgIpc) is 2.68. The van der Waals surface area contributed by atoms with Crippen molar-refractivity contribution in [1.82, 2.24) is 0 Å². The van der Waals surface area contributed by atoms with E-state index in [0.29, 0.717) is 18.2 Å². The number of carboxylic acids is 1. The van der Waals surface area contributed by atoms with E-state index in [1.807, 2.05) is 5.32 Å². The first kappa shape index (κ1) is 26.4. The van der Waals surface area contributed by atoms with Gasteiger partial charge in [-0.05, 0) is 35.4 Å². The van der Waals surface area contributed by atoms with Crippen molar-refractivity contribution in [2.75, 3.05) is 5.32 Å². The molecule has 180 valence electrons. The maximum absolute atomic E-state index is 14.3. The van der Waals surface area contributed by atoms with Crippen LogP contribution in [0.1, 0.15) is 36.3 Å². The number of hydrogen-bond donors (Lipinski definition) is 2. The Morgan fingerprint density at radius 3 is 2.00 bits per heavy atom. The second kappa shape index (κ2) is 9.98. The zero-order chi connectivity index (χ0) is 25.1. The molecule has 0 aliphatic rings. The molecule has 33 heavy (non-hydrogen) atoms.